The molecule has 3 rings (SSSR count). The van der Waals surface area contributed by atoms with E-state index in [9.17, 15) is 8.78 Å². The molecule has 0 fully saturated rings. The Morgan fingerprint density at radius 2 is 1.90 bits per heavy atom. The normalized spacial score (nSPS) is 11.0. The van der Waals surface area contributed by atoms with Crippen LogP contribution in [0.1, 0.15) is 5.69 Å². The fraction of sp³-hybridized carbons (Fsp3) is 0.154. The summed E-state index contributed by atoms with van der Waals surface area (Å²) in [6.45, 7) is 1.75. The number of aromatic nitrogens is 4. The van der Waals surface area contributed by atoms with Crippen molar-refractivity contribution in [2.75, 3.05) is 0 Å². The molecular formula is C13H10F2N4O. The maximum Gasteiger partial charge on any atom is 0.196 e. The average molecular weight is 276 g/mol. The van der Waals surface area contributed by atoms with Crippen molar-refractivity contribution >= 4 is 0 Å². The van der Waals surface area contributed by atoms with Crippen LogP contribution in [0.25, 0.3) is 23.0 Å². The second kappa shape index (κ2) is 4.52. The Bertz CT molecular complexity index is 758. The first-order valence-electron chi connectivity index (χ1n) is 5.84. The van der Waals surface area contributed by atoms with E-state index in [-0.39, 0.29) is 11.4 Å². The molecule has 2 heterocycles. The summed E-state index contributed by atoms with van der Waals surface area (Å²) in [5.74, 6) is -0.678. The number of hydrogen-bond donors (Lipinski definition) is 0. The third kappa shape index (κ3) is 1.87. The van der Waals surface area contributed by atoms with E-state index in [0.717, 1.165) is 12.1 Å². The Hall–Kier alpha value is -2.57. The molecule has 0 spiro atoms. The molecule has 102 valence electrons. The molecule has 2 aromatic heterocycles. The molecule has 0 aliphatic rings. The molecule has 0 radical (unpaired) electrons. The number of rotatable bonds is 2. The number of aryl methyl sites for hydroxylation is 2. The highest BCUT2D eigenvalue weighted by Crippen LogP contribution is 2.27. The van der Waals surface area contributed by atoms with Gasteiger partial charge in [0.1, 0.15) is 11.6 Å². The summed E-state index contributed by atoms with van der Waals surface area (Å²) in [5, 5.41) is 4.04. The van der Waals surface area contributed by atoms with Crippen molar-refractivity contribution in [3.05, 3.63) is 41.9 Å². The molecule has 0 atom stereocenters. The Kier molecular flexibility index (Phi) is 2.81. The van der Waals surface area contributed by atoms with Crippen LogP contribution >= 0.6 is 0 Å². The van der Waals surface area contributed by atoms with Gasteiger partial charge in [0.15, 0.2) is 23.8 Å². The first-order valence-corrected chi connectivity index (χ1v) is 5.84. The molecule has 20 heavy (non-hydrogen) atoms. The highest BCUT2D eigenvalue weighted by atomic mass is 19.1. The first-order chi connectivity index (χ1) is 9.58. The van der Waals surface area contributed by atoms with Gasteiger partial charge in [-0.05, 0) is 19.1 Å². The van der Waals surface area contributed by atoms with Gasteiger partial charge < -0.3 is 4.42 Å². The third-order valence-electron chi connectivity index (χ3n) is 2.90. The van der Waals surface area contributed by atoms with Gasteiger partial charge in [0.2, 0.25) is 0 Å². The van der Waals surface area contributed by atoms with Gasteiger partial charge >= 0.3 is 0 Å². The van der Waals surface area contributed by atoms with Crippen LogP contribution in [0.3, 0.4) is 0 Å². The van der Waals surface area contributed by atoms with Gasteiger partial charge in [-0.25, -0.2) is 23.4 Å². The standard InChI is InChI=1S/C13H10F2N4O/c1-7-11(20-6-16-7)13-17-12(18-19(13)2)10-8(14)4-3-5-9(10)15/h3-6H,1-2H3. The van der Waals surface area contributed by atoms with Crippen molar-refractivity contribution in [3.8, 4) is 23.0 Å². The fourth-order valence-corrected chi connectivity index (χ4v) is 1.92. The highest BCUT2D eigenvalue weighted by Gasteiger charge is 2.20. The highest BCUT2D eigenvalue weighted by molar-refractivity contribution is 5.60. The Balaban J connectivity index is 2.17. The maximum atomic E-state index is 13.7. The van der Waals surface area contributed by atoms with Crippen LogP contribution in [-0.2, 0) is 7.05 Å². The summed E-state index contributed by atoms with van der Waals surface area (Å²) in [5.41, 5.74) is 0.368. The van der Waals surface area contributed by atoms with Gasteiger partial charge in [0, 0.05) is 7.05 Å². The fourth-order valence-electron chi connectivity index (χ4n) is 1.92. The third-order valence-corrected chi connectivity index (χ3v) is 2.90. The molecular weight excluding hydrogens is 266 g/mol. The Morgan fingerprint density at radius 3 is 2.50 bits per heavy atom. The molecule has 1 aromatic carbocycles. The lowest BCUT2D eigenvalue weighted by atomic mass is 10.2. The largest absolute Gasteiger partial charge is 0.440 e. The maximum absolute atomic E-state index is 13.7. The van der Waals surface area contributed by atoms with Gasteiger partial charge in [-0.3, -0.25) is 0 Å². The predicted octanol–water partition coefficient (Wildman–Crippen LogP) is 2.72. The molecule has 0 aliphatic carbocycles. The van der Waals surface area contributed by atoms with E-state index in [4.69, 9.17) is 4.42 Å². The smallest absolute Gasteiger partial charge is 0.196 e. The molecule has 3 aromatic rings. The molecule has 0 saturated heterocycles. The van der Waals surface area contributed by atoms with E-state index >= 15 is 0 Å². The Labute approximate surface area is 112 Å². The van der Waals surface area contributed by atoms with Crippen LogP contribution in [0.5, 0.6) is 0 Å². The van der Waals surface area contributed by atoms with Crippen LogP contribution in [0.15, 0.2) is 29.0 Å². The van der Waals surface area contributed by atoms with Crippen molar-refractivity contribution < 1.29 is 13.2 Å². The first kappa shape index (κ1) is 12.5. The molecule has 7 heteroatoms. The summed E-state index contributed by atoms with van der Waals surface area (Å²) in [4.78, 5) is 8.10. The minimum Gasteiger partial charge on any atom is -0.440 e. The summed E-state index contributed by atoms with van der Waals surface area (Å²) >= 11 is 0. The summed E-state index contributed by atoms with van der Waals surface area (Å²) < 4.78 is 34.1. The molecule has 0 saturated carbocycles. The summed E-state index contributed by atoms with van der Waals surface area (Å²) in [6, 6.07) is 3.61. The minimum atomic E-state index is -0.712. The van der Waals surface area contributed by atoms with E-state index in [1.54, 1.807) is 14.0 Å². The number of benzene rings is 1. The van der Waals surface area contributed by atoms with Gasteiger partial charge in [-0.15, -0.1) is 0 Å². The molecule has 0 bridgehead atoms. The lowest BCUT2D eigenvalue weighted by molar-refractivity contribution is 0.561. The lowest BCUT2D eigenvalue weighted by Crippen LogP contribution is -1.95. The SMILES string of the molecule is Cc1ncoc1-c1nc(-c2c(F)cccc2F)nn1C. The van der Waals surface area contributed by atoms with Crippen LogP contribution in [0.2, 0.25) is 0 Å². The van der Waals surface area contributed by atoms with Crippen molar-refractivity contribution in [1.82, 2.24) is 19.7 Å². The van der Waals surface area contributed by atoms with E-state index in [0.29, 0.717) is 17.3 Å². The number of halogens is 2. The van der Waals surface area contributed by atoms with Gasteiger partial charge in [0.25, 0.3) is 0 Å². The molecule has 0 aliphatic heterocycles. The van der Waals surface area contributed by atoms with Gasteiger partial charge in [-0.2, -0.15) is 5.10 Å². The van der Waals surface area contributed by atoms with Gasteiger partial charge in [-0.1, -0.05) is 6.07 Å². The van der Waals surface area contributed by atoms with E-state index in [2.05, 4.69) is 15.1 Å². The second-order valence-corrected chi connectivity index (χ2v) is 4.25. The van der Waals surface area contributed by atoms with Crippen molar-refractivity contribution in [1.29, 1.82) is 0 Å². The molecule has 0 N–H and O–H groups in total. The van der Waals surface area contributed by atoms with Crippen LogP contribution in [0, 0.1) is 18.6 Å². The van der Waals surface area contributed by atoms with E-state index in [1.165, 1.54) is 17.1 Å². The zero-order valence-electron chi connectivity index (χ0n) is 10.8. The number of hydrogen-bond acceptors (Lipinski definition) is 4. The topological polar surface area (TPSA) is 56.7 Å². The van der Waals surface area contributed by atoms with Crippen LogP contribution < -0.4 is 0 Å². The Morgan fingerprint density at radius 1 is 1.20 bits per heavy atom. The van der Waals surface area contributed by atoms with Crippen molar-refractivity contribution in [3.63, 3.8) is 0 Å². The van der Waals surface area contributed by atoms with E-state index in [1.807, 2.05) is 0 Å². The van der Waals surface area contributed by atoms with E-state index < -0.39 is 11.6 Å². The van der Waals surface area contributed by atoms with Crippen LogP contribution in [-0.4, -0.2) is 19.7 Å². The molecule has 0 amide bonds. The molecule has 5 nitrogen and oxygen atoms in total. The summed E-state index contributed by atoms with van der Waals surface area (Å²) in [6.07, 6.45) is 1.28. The van der Waals surface area contributed by atoms with Crippen molar-refractivity contribution in [2.45, 2.75) is 6.92 Å². The minimum absolute atomic E-state index is 0.0334. The van der Waals surface area contributed by atoms with Crippen LogP contribution in [0.4, 0.5) is 8.78 Å². The molecule has 0 unspecified atom stereocenters. The number of nitrogens with zero attached hydrogens (tertiary/aromatic N) is 4. The number of oxazole rings is 1. The summed E-state index contributed by atoms with van der Waals surface area (Å²) in [7, 11) is 1.62. The van der Waals surface area contributed by atoms with Crippen molar-refractivity contribution in [2.24, 2.45) is 7.05 Å². The quantitative estimate of drug-likeness (QED) is 0.722. The zero-order chi connectivity index (χ0) is 14.3. The lowest BCUT2D eigenvalue weighted by Gasteiger charge is -1.98. The van der Waals surface area contributed by atoms with Gasteiger partial charge in [0.05, 0.1) is 11.3 Å². The zero-order valence-corrected chi connectivity index (χ0v) is 10.8. The average Bonchev–Trinajstić information content (AvgIpc) is 2.95. The predicted molar refractivity (Wildman–Crippen MR) is 66.6 cm³/mol. The second-order valence-electron chi connectivity index (χ2n) is 4.25. The monoisotopic (exact) mass is 276 g/mol.